The second-order valence-electron chi connectivity index (χ2n) is 11.6. The third-order valence-corrected chi connectivity index (χ3v) is 7.79. The van der Waals surface area contributed by atoms with Crippen LogP contribution in [0.4, 0.5) is 0 Å². The van der Waals surface area contributed by atoms with E-state index in [0.29, 0.717) is 11.8 Å². The van der Waals surface area contributed by atoms with E-state index in [-0.39, 0.29) is 22.2 Å². The first kappa shape index (κ1) is 22.5. The van der Waals surface area contributed by atoms with Gasteiger partial charge in [-0.15, -0.1) is 0 Å². The second-order valence-corrected chi connectivity index (χ2v) is 11.6. The molecule has 0 aromatic heterocycles. The van der Waals surface area contributed by atoms with Crippen molar-refractivity contribution in [3.8, 4) is 0 Å². The SMILES string of the molecule is C=C(OC(=C)C1CC(C)(C)N(C)C(C)(C)C1)C1CC(C)(C)N(C)C(C)(C)C1. The number of ether oxygens (including phenoxy) is 1. The monoisotopic (exact) mass is 376 g/mol. The van der Waals surface area contributed by atoms with Crippen LogP contribution in [-0.2, 0) is 4.74 Å². The maximum absolute atomic E-state index is 6.35. The third-order valence-electron chi connectivity index (χ3n) is 7.79. The van der Waals surface area contributed by atoms with Gasteiger partial charge in [-0.2, -0.15) is 0 Å². The molecule has 27 heavy (non-hydrogen) atoms. The highest BCUT2D eigenvalue weighted by Crippen LogP contribution is 2.46. The summed E-state index contributed by atoms with van der Waals surface area (Å²) in [6.45, 7) is 27.3. The molecule has 2 aliphatic heterocycles. The number of rotatable bonds is 4. The summed E-state index contributed by atoms with van der Waals surface area (Å²) in [4.78, 5) is 5.00. The Morgan fingerprint density at radius 3 is 1.07 bits per heavy atom. The molecular formula is C24H44N2O. The van der Waals surface area contributed by atoms with Crippen LogP contribution in [0.2, 0.25) is 0 Å². The molecule has 0 saturated carbocycles. The number of hydrogen-bond donors (Lipinski definition) is 0. The number of hydrogen-bond acceptors (Lipinski definition) is 3. The molecule has 2 saturated heterocycles. The van der Waals surface area contributed by atoms with Crippen LogP contribution in [0.3, 0.4) is 0 Å². The van der Waals surface area contributed by atoms with Crippen LogP contribution in [0, 0.1) is 11.8 Å². The van der Waals surface area contributed by atoms with E-state index in [1.54, 1.807) is 0 Å². The van der Waals surface area contributed by atoms with E-state index >= 15 is 0 Å². The molecule has 0 unspecified atom stereocenters. The quantitative estimate of drug-likeness (QED) is 0.574. The largest absolute Gasteiger partial charge is 0.467 e. The number of piperidine rings is 2. The molecule has 2 fully saturated rings. The van der Waals surface area contributed by atoms with Crippen molar-refractivity contribution >= 4 is 0 Å². The Hall–Kier alpha value is -0.800. The van der Waals surface area contributed by atoms with Crippen LogP contribution in [0.1, 0.15) is 81.1 Å². The van der Waals surface area contributed by atoms with Crippen LogP contribution in [-0.4, -0.2) is 46.1 Å². The topological polar surface area (TPSA) is 15.7 Å². The Morgan fingerprint density at radius 2 is 0.852 bits per heavy atom. The molecule has 0 aromatic carbocycles. The summed E-state index contributed by atoms with van der Waals surface area (Å²) in [5.41, 5.74) is 0.546. The zero-order chi connectivity index (χ0) is 21.0. The number of likely N-dealkylation sites (tertiary alicyclic amines) is 2. The zero-order valence-electron chi connectivity index (χ0n) is 19.7. The highest BCUT2D eigenvalue weighted by molar-refractivity contribution is 5.11. The van der Waals surface area contributed by atoms with Crippen molar-refractivity contribution in [2.24, 2.45) is 11.8 Å². The molecule has 0 aromatic rings. The van der Waals surface area contributed by atoms with Crippen LogP contribution in [0.15, 0.2) is 24.7 Å². The predicted octanol–water partition coefficient (Wildman–Crippen LogP) is 5.83. The molecule has 0 N–H and O–H groups in total. The summed E-state index contributed by atoms with van der Waals surface area (Å²) in [6.07, 6.45) is 4.29. The van der Waals surface area contributed by atoms with Gasteiger partial charge in [0.1, 0.15) is 0 Å². The van der Waals surface area contributed by atoms with Gasteiger partial charge in [0.15, 0.2) is 0 Å². The molecule has 0 atom stereocenters. The first-order chi connectivity index (χ1) is 12.0. The van der Waals surface area contributed by atoms with E-state index in [0.717, 1.165) is 37.2 Å². The second kappa shape index (κ2) is 6.91. The van der Waals surface area contributed by atoms with Crippen molar-refractivity contribution in [3.63, 3.8) is 0 Å². The van der Waals surface area contributed by atoms with Crippen LogP contribution >= 0.6 is 0 Å². The molecule has 2 rings (SSSR count). The van der Waals surface area contributed by atoms with Gasteiger partial charge in [0.05, 0.1) is 11.5 Å². The molecule has 3 heteroatoms. The Kier molecular flexibility index (Phi) is 5.76. The molecule has 0 aliphatic carbocycles. The number of nitrogens with zero attached hydrogens (tertiary/aromatic N) is 2. The van der Waals surface area contributed by atoms with E-state index in [4.69, 9.17) is 4.74 Å². The van der Waals surface area contributed by atoms with E-state index in [2.05, 4.69) is 92.4 Å². The normalized spacial score (nSPS) is 28.7. The zero-order valence-corrected chi connectivity index (χ0v) is 19.7. The lowest BCUT2D eigenvalue weighted by molar-refractivity contribution is -0.0418. The van der Waals surface area contributed by atoms with Gasteiger partial charge >= 0.3 is 0 Å². The lowest BCUT2D eigenvalue weighted by Crippen LogP contribution is -2.59. The lowest BCUT2D eigenvalue weighted by atomic mass is 9.73. The van der Waals surface area contributed by atoms with Crippen LogP contribution in [0.25, 0.3) is 0 Å². The Morgan fingerprint density at radius 1 is 0.630 bits per heavy atom. The Balaban J connectivity index is 2.09. The maximum atomic E-state index is 6.35. The minimum Gasteiger partial charge on any atom is -0.467 e. The van der Waals surface area contributed by atoms with Gasteiger partial charge in [-0.05, 0) is 95.2 Å². The van der Waals surface area contributed by atoms with Crippen molar-refractivity contribution in [1.82, 2.24) is 9.80 Å². The van der Waals surface area contributed by atoms with E-state index in [9.17, 15) is 0 Å². The lowest BCUT2D eigenvalue weighted by Gasteiger charge is -2.54. The van der Waals surface area contributed by atoms with Gasteiger partial charge in [-0.3, -0.25) is 9.80 Å². The molecule has 2 heterocycles. The molecule has 0 bridgehead atoms. The van der Waals surface area contributed by atoms with Gasteiger partial charge in [-0.25, -0.2) is 0 Å². The van der Waals surface area contributed by atoms with Crippen LogP contribution in [0.5, 0.6) is 0 Å². The maximum Gasteiger partial charge on any atom is 0.0996 e. The summed E-state index contributed by atoms with van der Waals surface area (Å²) in [5, 5.41) is 0. The minimum atomic E-state index is 0.136. The molecule has 156 valence electrons. The van der Waals surface area contributed by atoms with E-state index in [1.807, 2.05) is 0 Å². The van der Waals surface area contributed by atoms with Gasteiger partial charge in [0.2, 0.25) is 0 Å². The first-order valence-corrected chi connectivity index (χ1v) is 10.5. The Labute approximate surface area is 168 Å². The fourth-order valence-corrected chi connectivity index (χ4v) is 5.53. The standard InChI is InChI=1S/C24H44N2O/c1-17(19-13-21(3,4)25(11)22(5,6)14-19)27-18(2)20-15-23(7,8)26(12)24(9,10)16-20/h19-20H,1-2,13-16H2,3-12H3. The summed E-state index contributed by atoms with van der Waals surface area (Å²) in [7, 11) is 4.48. The molecule has 0 spiro atoms. The van der Waals surface area contributed by atoms with Gasteiger partial charge in [0.25, 0.3) is 0 Å². The van der Waals surface area contributed by atoms with Gasteiger partial charge < -0.3 is 4.74 Å². The fourth-order valence-electron chi connectivity index (χ4n) is 5.53. The first-order valence-electron chi connectivity index (χ1n) is 10.5. The van der Waals surface area contributed by atoms with E-state index in [1.165, 1.54) is 0 Å². The molecule has 0 radical (unpaired) electrons. The highest BCUT2D eigenvalue weighted by atomic mass is 16.5. The summed E-state index contributed by atoms with van der Waals surface area (Å²) in [6, 6.07) is 0. The van der Waals surface area contributed by atoms with Crippen molar-refractivity contribution in [3.05, 3.63) is 24.7 Å². The molecule has 2 aliphatic rings. The summed E-state index contributed by atoms with van der Waals surface area (Å²) in [5.74, 6) is 2.55. The van der Waals surface area contributed by atoms with E-state index < -0.39 is 0 Å². The molecule has 3 nitrogen and oxygen atoms in total. The fraction of sp³-hybridized carbons (Fsp3) is 0.833. The minimum absolute atomic E-state index is 0.136. The highest BCUT2D eigenvalue weighted by Gasteiger charge is 2.46. The van der Waals surface area contributed by atoms with Crippen molar-refractivity contribution < 1.29 is 4.74 Å². The number of allylic oxidation sites excluding steroid dienone is 2. The van der Waals surface area contributed by atoms with Crippen molar-refractivity contribution in [2.75, 3.05) is 14.1 Å². The molecular weight excluding hydrogens is 332 g/mol. The van der Waals surface area contributed by atoms with Gasteiger partial charge in [-0.1, -0.05) is 13.2 Å². The average molecular weight is 377 g/mol. The average Bonchev–Trinajstić information content (AvgIpc) is 2.48. The van der Waals surface area contributed by atoms with Crippen LogP contribution < -0.4 is 0 Å². The van der Waals surface area contributed by atoms with Crippen molar-refractivity contribution in [1.29, 1.82) is 0 Å². The van der Waals surface area contributed by atoms with Gasteiger partial charge in [0, 0.05) is 34.0 Å². The third kappa shape index (κ3) is 4.45. The predicted molar refractivity (Wildman–Crippen MR) is 117 cm³/mol. The summed E-state index contributed by atoms with van der Waals surface area (Å²) < 4.78 is 6.35. The Bertz CT molecular complexity index is 512. The van der Waals surface area contributed by atoms with Crippen molar-refractivity contribution in [2.45, 2.75) is 103 Å². The molecule has 0 amide bonds. The summed E-state index contributed by atoms with van der Waals surface area (Å²) >= 11 is 0. The smallest absolute Gasteiger partial charge is 0.0996 e.